The van der Waals surface area contributed by atoms with Gasteiger partial charge in [0, 0.05) is 56.9 Å². The summed E-state index contributed by atoms with van der Waals surface area (Å²) in [4.78, 5) is 44.4. The molecule has 2 aliphatic heterocycles. The van der Waals surface area contributed by atoms with Gasteiger partial charge in [-0.15, -0.1) is 0 Å². The van der Waals surface area contributed by atoms with Crippen LogP contribution in [0.2, 0.25) is 0 Å². The predicted molar refractivity (Wildman–Crippen MR) is 116 cm³/mol. The van der Waals surface area contributed by atoms with Crippen molar-refractivity contribution in [1.82, 2.24) is 25.4 Å². The van der Waals surface area contributed by atoms with E-state index in [0.29, 0.717) is 51.1 Å². The first kappa shape index (κ1) is 20.8. The second kappa shape index (κ2) is 9.59. The second-order valence-electron chi connectivity index (χ2n) is 7.84. The summed E-state index contributed by atoms with van der Waals surface area (Å²) < 4.78 is 0. The van der Waals surface area contributed by atoms with E-state index in [0.717, 1.165) is 17.7 Å². The summed E-state index contributed by atoms with van der Waals surface area (Å²) in [6.07, 6.45) is 3.59. The van der Waals surface area contributed by atoms with Crippen LogP contribution in [0.1, 0.15) is 29.6 Å². The molecule has 0 bridgehead atoms. The summed E-state index contributed by atoms with van der Waals surface area (Å²) in [6, 6.07) is 13.5. The van der Waals surface area contributed by atoms with Crippen molar-refractivity contribution in [2.24, 2.45) is 0 Å². The molecule has 1 aromatic heterocycles. The third-order valence-electron chi connectivity index (χ3n) is 5.87. The highest BCUT2D eigenvalue weighted by atomic mass is 16.2. The lowest BCUT2D eigenvalue weighted by molar-refractivity contribution is -0.129. The molecule has 162 valence electrons. The van der Waals surface area contributed by atoms with E-state index in [-0.39, 0.29) is 23.9 Å². The minimum absolute atomic E-state index is 0.0673. The Morgan fingerprint density at radius 3 is 2.68 bits per heavy atom. The Morgan fingerprint density at radius 1 is 1.13 bits per heavy atom. The van der Waals surface area contributed by atoms with Crippen LogP contribution < -0.4 is 10.6 Å². The molecule has 4 rings (SSSR count). The third-order valence-corrected chi connectivity index (χ3v) is 5.87. The SMILES string of the molecule is O=C(NCCC1CCC(=O)N1CCN1CCNC1=O)c1ccc(-c2ccccc2)nc1. The maximum atomic E-state index is 12.5. The number of carbonyl (C=O) groups excluding carboxylic acids is 3. The van der Waals surface area contributed by atoms with Gasteiger partial charge in [0.2, 0.25) is 5.91 Å². The fraction of sp³-hybridized carbons (Fsp3) is 0.391. The molecule has 0 saturated carbocycles. The first-order valence-electron chi connectivity index (χ1n) is 10.7. The normalized spacial score (nSPS) is 18.4. The van der Waals surface area contributed by atoms with Gasteiger partial charge < -0.3 is 20.4 Å². The minimum atomic E-state index is -0.170. The van der Waals surface area contributed by atoms with Crippen molar-refractivity contribution in [1.29, 1.82) is 0 Å². The highest BCUT2D eigenvalue weighted by Crippen LogP contribution is 2.21. The lowest BCUT2D eigenvalue weighted by atomic mass is 10.1. The van der Waals surface area contributed by atoms with Gasteiger partial charge in [-0.1, -0.05) is 30.3 Å². The summed E-state index contributed by atoms with van der Waals surface area (Å²) in [7, 11) is 0. The van der Waals surface area contributed by atoms with Gasteiger partial charge in [-0.3, -0.25) is 14.6 Å². The number of hydrogen-bond acceptors (Lipinski definition) is 4. The summed E-state index contributed by atoms with van der Waals surface area (Å²) in [5.41, 5.74) is 2.34. The third kappa shape index (κ3) is 5.02. The molecule has 0 aliphatic carbocycles. The van der Waals surface area contributed by atoms with Crippen LogP contribution in [0, 0.1) is 0 Å². The summed E-state index contributed by atoms with van der Waals surface area (Å²) in [5.74, 6) is -0.0478. The molecule has 4 amide bonds. The van der Waals surface area contributed by atoms with Gasteiger partial charge in [-0.05, 0) is 25.0 Å². The van der Waals surface area contributed by atoms with Crippen molar-refractivity contribution in [3.05, 3.63) is 54.2 Å². The van der Waals surface area contributed by atoms with Crippen LogP contribution in [-0.4, -0.2) is 71.4 Å². The van der Waals surface area contributed by atoms with Gasteiger partial charge in [0.05, 0.1) is 11.3 Å². The molecule has 8 nitrogen and oxygen atoms in total. The van der Waals surface area contributed by atoms with Gasteiger partial charge in [-0.2, -0.15) is 0 Å². The molecule has 2 aromatic rings. The molecule has 1 atom stereocenters. The van der Waals surface area contributed by atoms with E-state index in [2.05, 4.69) is 15.6 Å². The quantitative estimate of drug-likeness (QED) is 0.681. The zero-order valence-corrected chi connectivity index (χ0v) is 17.4. The van der Waals surface area contributed by atoms with Gasteiger partial charge in [0.15, 0.2) is 0 Å². The van der Waals surface area contributed by atoms with Crippen LogP contribution in [0.4, 0.5) is 4.79 Å². The van der Waals surface area contributed by atoms with Crippen molar-refractivity contribution in [2.45, 2.75) is 25.3 Å². The number of amides is 4. The van der Waals surface area contributed by atoms with Gasteiger partial charge in [0.25, 0.3) is 5.91 Å². The van der Waals surface area contributed by atoms with Crippen LogP contribution in [0.3, 0.4) is 0 Å². The number of carbonyl (C=O) groups is 3. The van der Waals surface area contributed by atoms with E-state index in [4.69, 9.17) is 0 Å². The Labute approximate surface area is 181 Å². The number of nitrogens with one attached hydrogen (secondary N) is 2. The average Bonchev–Trinajstić information content (AvgIpc) is 3.37. The molecule has 2 N–H and O–H groups in total. The first-order valence-corrected chi connectivity index (χ1v) is 10.7. The predicted octanol–water partition coefficient (Wildman–Crippen LogP) is 1.88. The van der Waals surface area contributed by atoms with Crippen molar-refractivity contribution >= 4 is 17.8 Å². The van der Waals surface area contributed by atoms with Gasteiger partial charge in [-0.25, -0.2) is 4.79 Å². The lowest BCUT2D eigenvalue weighted by Gasteiger charge is -2.27. The number of aromatic nitrogens is 1. The van der Waals surface area contributed by atoms with Crippen LogP contribution in [0.25, 0.3) is 11.3 Å². The summed E-state index contributed by atoms with van der Waals surface area (Å²) in [5, 5.41) is 5.71. The zero-order valence-electron chi connectivity index (χ0n) is 17.4. The number of urea groups is 1. The Kier molecular flexibility index (Phi) is 6.45. The molecular formula is C23H27N5O3. The monoisotopic (exact) mass is 421 g/mol. The van der Waals surface area contributed by atoms with E-state index >= 15 is 0 Å². The molecular weight excluding hydrogens is 394 g/mol. The molecule has 2 aliphatic rings. The van der Waals surface area contributed by atoms with Crippen LogP contribution >= 0.6 is 0 Å². The van der Waals surface area contributed by atoms with Gasteiger partial charge >= 0.3 is 6.03 Å². The topological polar surface area (TPSA) is 94.6 Å². The van der Waals surface area contributed by atoms with Crippen molar-refractivity contribution in [3.8, 4) is 11.3 Å². The van der Waals surface area contributed by atoms with Gasteiger partial charge in [0.1, 0.15) is 0 Å². The number of likely N-dealkylation sites (tertiary alicyclic amines) is 1. The zero-order chi connectivity index (χ0) is 21.6. The Balaban J connectivity index is 1.25. The fourth-order valence-electron chi connectivity index (χ4n) is 4.12. The Bertz CT molecular complexity index is 932. The molecule has 2 saturated heterocycles. The molecule has 0 radical (unpaired) electrons. The molecule has 1 aromatic carbocycles. The van der Waals surface area contributed by atoms with Crippen LogP contribution in [0.5, 0.6) is 0 Å². The Hall–Kier alpha value is -3.42. The number of pyridine rings is 1. The van der Waals surface area contributed by atoms with E-state index in [1.807, 2.05) is 41.3 Å². The molecule has 3 heterocycles. The lowest BCUT2D eigenvalue weighted by Crippen LogP contribution is -2.42. The maximum Gasteiger partial charge on any atom is 0.317 e. The van der Waals surface area contributed by atoms with Crippen molar-refractivity contribution in [2.75, 3.05) is 32.7 Å². The maximum absolute atomic E-state index is 12.5. The van der Waals surface area contributed by atoms with Crippen molar-refractivity contribution in [3.63, 3.8) is 0 Å². The van der Waals surface area contributed by atoms with E-state index in [1.54, 1.807) is 17.2 Å². The average molecular weight is 422 g/mol. The molecule has 1 unspecified atom stereocenters. The highest BCUT2D eigenvalue weighted by Gasteiger charge is 2.31. The molecule has 8 heteroatoms. The minimum Gasteiger partial charge on any atom is -0.352 e. The van der Waals surface area contributed by atoms with Crippen molar-refractivity contribution < 1.29 is 14.4 Å². The second-order valence-corrected chi connectivity index (χ2v) is 7.84. The van der Waals surface area contributed by atoms with Crippen LogP contribution in [-0.2, 0) is 4.79 Å². The number of benzene rings is 1. The summed E-state index contributed by atoms with van der Waals surface area (Å²) in [6.45, 7) is 2.90. The molecule has 31 heavy (non-hydrogen) atoms. The smallest absolute Gasteiger partial charge is 0.317 e. The molecule has 2 fully saturated rings. The highest BCUT2D eigenvalue weighted by molar-refractivity contribution is 5.94. The summed E-state index contributed by atoms with van der Waals surface area (Å²) >= 11 is 0. The Morgan fingerprint density at radius 2 is 1.97 bits per heavy atom. The van der Waals surface area contributed by atoms with Crippen LogP contribution in [0.15, 0.2) is 48.7 Å². The fourth-order valence-corrected chi connectivity index (χ4v) is 4.12. The number of hydrogen-bond donors (Lipinski definition) is 2. The first-order chi connectivity index (χ1) is 15.1. The van der Waals surface area contributed by atoms with E-state index in [1.165, 1.54) is 0 Å². The number of nitrogens with zero attached hydrogens (tertiary/aromatic N) is 3. The number of rotatable bonds is 8. The van der Waals surface area contributed by atoms with E-state index < -0.39 is 0 Å². The van der Waals surface area contributed by atoms with E-state index in [9.17, 15) is 14.4 Å². The standard InChI is InChI=1S/C23H27N5O3/c29-21-9-7-19(28(21)15-14-27-13-12-25-23(27)31)10-11-24-22(30)18-6-8-20(26-16-18)17-4-2-1-3-5-17/h1-6,8,16,19H,7,9-15H2,(H,24,30)(H,25,31). The largest absolute Gasteiger partial charge is 0.352 e. The molecule has 0 spiro atoms.